The van der Waals surface area contributed by atoms with Crippen LogP contribution < -0.4 is 10.6 Å². The zero-order chi connectivity index (χ0) is 25.4. The minimum Gasteiger partial charge on any atom is -0.451 e. The van der Waals surface area contributed by atoms with E-state index in [1.54, 1.807) is 36.4 Å². The van der Waals surface area contributed by atoms with Crippen molar-refractivity contribution in [3.8, 4) is 21.9 Å². The van der Waals surface area contributed by atoms with E-state index in [-0.39, 0.29) is 10.9 Å². The summed E-state index contributed by atoms with van der Waals surface area (Å²) in [4.78, 5) is 17.5. The number of furan rings is 1. The molecule has 1 amide bonds. The van der Waals surface area contributed by atoms with Crippen LogP contribution in [0.5, 0.6) is 0 Å². The Labute approximate surface area is 235 Å². The van der Waals surface area contributed by atoms with Gasteiger partial charge in [0.05, 0.1) is 25.9 Å². The first kappa shape index (κ1) is 25.0. The number of carbonyl (C=O) groups is 1. The summed E-state index contributed by atoms with van der Waals surface area (Å²) >= 11 is 31.9. The van der Waals surface area contributed by atoms with E-state index < -0.39 is 5.91 Å². The van der Waals surface area contributed by atoms with Crippen LogP contribution in [-0.4, -0.2) is 16.0 Å². The maximum Gasteiger partial charge on any atom is 0.293 e. The van der Waals surface area contributed by atoms with Gasteiger partial charge in [0.15, 0.2) is 10.9 Å². The van der Waals surface area contributed by atoms with Gasteiger partial charge in [-0.05, 0) is 66.8 Å². The molecule has 0 saturated heterocycles. The number of nitrogens with zero attached hydrogens (tertiary/aromatic N) is 1. The van der Waals surface area contributed by atoms with E-state index in [0.717, 1.165) is 10.2 Å². The average Bonchev–Trinajstić information content (AvgIpc) is 3.50. The van der Waals surface area contributed by atoms with Crippen molar-refractivity contribution in [2.75, 3.05) is 5.32 Å². The van der Waals surface area contributed by atoms with Gasteiger partial charge in [0.25, 0.3) is 5.91 Å². The Morgan fingerprint density at radius 3 is 2.47 bits per heavy atom. The molecule has 5 rings (SSSR count). The number of thiocarbonyl (C=S) groups is 1. The van der Waals surface area contributed by atoms with Crippen molar-refractivity contribution in [3.05, 3.63) is 92.6 Å². The van der Waals surface area contributed by atoms with E-state index in [0.29, 0.717) is 47.7 Å². The van der Waals surface area contributed by atoms with Gasteiger partial charge in [-0.2, -0.15) is 0 Å². The van der Waals surface area contributed by atoms with Gasteiger partial charge in [-0.15, -0.1) is 11.3 Å². The van der Waals surface area contributed by atoms with E-state index in [4.69, 9.17) is 63.0 Å². The molecule has 0 aliphatic heterocycles. The topological polar surface area (TPSA) is 67.2 Å². The second kappa shape index (κ2) is 10.4. The molecular formula is C25H13Cl4N3O2S2. The number of aromatic nitrogens is 1. The number of thiazole rings is 1. The summed E-state index contributed by atoms with van der Waals surface area (Å²) < 4.78 is 6.70. The van der Waals surface area contributed by atoms with Gasteiger partial charge >= 0.3 is 0 Å². The number of carbonyl (C=O) groups excluding carboxylic acids is 1. The van der Waals surface area contributed by atoms with Crippen LogP contribution in [0.15, 0.2) is 71.1 Å². The van der Waals surface area contributed by atoms with Crippen LogP contribution in [0.25, 0.3) is 32.1 Å². The first-order valence-electron chi connectivity index (χ1n) is 10.3. The number of hydrogen-bond donors (Lipinski definition) is 2. The van der Waals surface area contributed by atoms with Crippen molar-refractivity contribution in [2.24, 2.45) is 0 Å². The van der Waals surface area contributed by atoms with Gasteiger partial charge < -0.3 is 9.73 Å². The molecule has 0 spiro atoms. The summed E-state index contributed by atoms with van der Waals surface area (Å²) in [5.74, 6) is -0.118. The highest BCUT2D eigenvalue weighted by atomic mass is 35.5. The molecule has 36 heavy (non-hydrogen) atoms. The monoisotopic (exact) mass is 591 g/mol. The van der Waals surface area contributed by atoms with Crippen LogP contribution in [0, 0.1) is 0 Å². The third-order valence-corrected chi connectivity index (χ3v) is 7.42. The lowest BCUT2D eigenvalue weighted by molar-refractivity contribution is 0.0951. The number of fused-ring (bicyclic) bond motifs is 1. The Morgan fingerprint density at radius 1 is 0.889 bits per heavy atom. The van der Waals surface area contributed by atoms with Crippen LogP contribution in [-0.2, 0) is 0 Å². The molecule has 5 nitrogen and oxygen atoms in total. The summed E-state index contributed by atoms with van der Waals surface area (Å²) in [6, 6.07) is 19.2. The predicted molar refractivity (Wildman–Crippen MR) is 153 cm³/mol. The molecule has 2 heterocycles. The molecule has 0 atom stereocenters. The predicted octanol–water partition coefficient (Wildman–Crippen LogP) is 8.96. The summed E-state index contributed by atoms with van der Waals surface area (Å²) in [6.07, 6.45) is 0. The molecule has 0 aliphatic rings. The molecule has 5 aromatic rings. The highest BCUT2D eigenvalue weighted by Crippen LogP contribution is 2.40. The Hall–Kier alpha value is -2.65. The fourth-order valence-corrected chi connectivity index (χ4v) is 5.56. The van der Waals surface area contributed by atoms with Gasteiger partial charge in [-0.25, -0.2) is 4.98 Å². The number of benzene rings is 3. The lowest BCUT2D eigenvalue weighted by atomic mass is 10.2. The molecular weight excluding hydrogens is 580 g/mol. The lowest BCUT2D eigenvalue weighted by Gasteiger charge is -2.14. The maximum absolute atomic E-state index is 12.8. The van der Waals surface area contributed by atoms with E-state index >= 15 is 0 Å². The summed E-state index contributed by atoms with van der Waals surface area (Å²) in [7, 11) is 0. The molecule has 2 aromatic heterocycles. The number of anilines is 1. The van der Waals surface area contributed by atoms with E-state index in [2.05, 4.69) is 15.6 Å². The fraction of sp³-hybridized carbons (Fsp3) is 0. The number of para-hydroxylation sites is 1. The lowest BCUT2D eigenvalue weighted by Crippen LogP contribution is -2.34. The fourth-order valence-electron chi connectivity index (χ4n) is 3.46. The first-order valence-corrected chi connectivity index (χ1v) is 13.0. The molecule has 0 unspecified atom stereocenters. The Balaban J connectivity index is 1.37. The smallest absolute Gasteiger partial charge is 0.293 e. The normalized spacial score (nSPS) is 11.0. The van der Waals surface area contributed by atoms with Gasteiger partial charge in [-0.1, -0.05) is 58.5 Å². The molecule has 0 radical (unpaired) electrons. The molecule has 2 N–H and O–H groups in total. The van der Waals surface area contributed by atoms with Crippen LogP contribution >= 0.6 is 70.0 Å². The van der Waals surface area contributed by atoms with Crippen LogP contribution in [0.1, 0.15) is 10.6 Å². The highest BCUT2D eigenvalue weighted by molar-refractivity contribution is 7.80. The van der Waals surface area contributed by atoms with Crippen molar-refractivity contribution < 1.29 is 9.21 Å². The van der Waals surface area contributed by atoms with Crippen LogP contribution in [0.2, 0.25) is 20.1 Å². The van der Waals surface area contributed by atoms with Crippen molar-refractivity contribution in [1.29, 1.82) is 0 Å². The largest absolute Gasteiger partial charge is 0.451 e. The summed E-state index contributed by atoms with van der Waals surface area (Å²) in [6.45, 7) is 0. The second-order valence-electron chi connectivity index (χ2n) is 7.49. The van der Waals surface area contributed by atoms with E-state index in [1.807, 2.05) is 24.3 Å². The molecule has 180 valence electrons. The Morgan fingerprint density at radius 2 is 1.67 bits per heavy atom. The van der Waals surface area contributed by atoms with Gasteiger partial charge in [0.1, 0.15) is 10.8 Å². The standard InChI is InChI=1S/C25H13Cl4N3O2S2/c26-12-5-6-16(28)14(9-12)19-7-8-20(34-19)23(33)32-25(35)31-22-15(10-13(27)11-17(22)29)24-30-18-3-1-2-4-21(18)36-24/h1-11H,(H2,31,32,33,35). The molecule has 11 heteroatoms. The third-order valence-electron chi connectivity index (χ3n) is 5.07. The zero-order valence-electron chi connectivity index (χ0n) is 17.9. The Bertz CT molecular complexity index is 1610. The average molecular weight is 593 g/mol. The van der Waals surface area contributed by atoms with Crippen molar-refractivity contribution in [3.63, 3.8) is 0 Å². The first-order chi connectivity index (χ1) is 17.3. The Kier molecular flexibility index (Phi) is 7.21. The van der Waals surface area contributed by atoms with Crippen molar-refractivity contribution >= 4 is 96.9 Å². The van der Waals surface area contributed by atoms with Crippen LogP contribution in [0.3, 0.4) is 0 Å². The molecule has 0 fully saturated rings. The minimum absolute atomic E-state index is 0.0188. The van der Waals surface area contributed by atoms with Gasteiger partial charge in [-0.3, -0.25) is 10.1 Å². The minimum atomic E-state index is -0.552. The van der Waals surface area contributed by atoms with E-state index in [1.165, 1.54) is 17.4 Å². The number of rotatable bonds is 4. The van der Waals surface area contributed by atoms with Crippen LogP contribution in [0.4, 0.5) is 5.69 Å². The van der Waals surface area contributed by atoms with Crippen molar-refractivity contribution in [2.45, 2.75) is 0 Å². The molecule has 0 saturated carbocycles. The number of nitrogens with one attached hydrogen (secondary N) is 2. The molecule has 3 aromatic carbocycles. The third kappa shape index (κ3) is 5.22. The highest BCUT2D eigenvalue weighted by Gasteiger charge is 2.19. The number of amides is 1. The quantitative estimate of drug-likeness (QED) is 0.204. The van der Waals surface area contributed by atoms with E-state index in [9.17, 15) is 4.79 Å². The zero-order valence-corrected chi connectivity index (χ0v) is 22.6. The summed E-state index contributed by atoms with van der Waals surface area (Å²) in [5.41, 5.74) is 2.54. The van der Waals surface area contributed by atoms with Crippen molar-refractivity contribution in [1.82, 2.24) is 10.3 Å². The second-order valence-corrected chi connectivity index (χ2v) is 10.6. The van der Waals surface area contributed by atoms with Gasteiger partial charge in [0.2, 0.25) is 0 Å². The maximum atomic E-state index is 12.8. The molecule has 0 aliphatic carbocycles. The number of halogens is 4. The number of hydrogen-bond acceptors (Lipinski definition) is 5. The van der Waals surface area contributed by atoms with Gasteiger partial charge in [0, 0.05) is 21.2 Å². The summed E-state index contributed by atoms with van der Waals surface area (Å²) in [5, 5.41) is 8.02. The SMILES string of the molecule is O=C(NC(=S)Nc1c(Cl)cc(Cl)cc1-c1nc2ccccc2s1)c1ccc(-c2cc(Cl)ccc2Cl)o1. The molecule has 0 bridgehead atoms.